The minimum absolute atomic E-state index is 0.0486. The summed E-state index contributed by atoms with van der Waals surface area (Å²) in [7, 11) is 0. The maximum atomic E-state index is 11.0. The molecule has 70 valence electrons. The predicted octanol–water partition coefficient (Wildman–Crippen LogP) is 3.19. The Labute approximate surface area is 100 Å². The average Bonchev–Trinajstić information content (AvgIpc) is 2.08. The van der Waals surface area contributed by atoms with Gasteiger partial charge in [0.15, 0.2) is 0 Å². The van der Waals surface area contributed by atoms with Crippen LogP contribution in [0.5, 0.6) is 0 Å². The van der Waals surface area contributed by atoms with Crippen molar-refractivity contribution in [2.24, 2.45) is 0 Å². The van der Waals surface area contributed by atoms with Crippen LogP contribution < -0.4 is 0 Å². The molecule has 0 saturated carbocycles. The van der Waals surface area contributed by atoms with Gasteiger partial charge in [-0.25, -0.2) is 0 Å². The van der Waals surface area contributed by atoms with Crippen LogP contribution in [0.15, 0.2) is 24.3 Å². The van der Waals surface area contributed by atoms with Gasteiger partial charge in [-0.3, -0.25) is 4.79 Å². The maximum absolute atomic E-state index is 11.0. The first-order valence-electron chi connectivity index (χ1n) is 3.98. The number of ketones is 1. The lowest BCUT2D eigenvalue weighted by atomic mass is 10.1. The number of hydrogen-bond acceptors (Lipinski definition) is 1. The minimum Gasteiger partial charge on any atom is -0.299 e. The van der Waals surface area contributed by atoms with Crippen LogP contribution in [0.2, 0.25) is 0 Å². The van der Waals surface area contributed by atoms with E-state index in [0.717, 1.165) is 6.42 Å². The molecular formula is C10H10BrIO. The number of carbonyl (C=O) groups excluding carboxylic acids is 1. The largest absolute Gasteiger partial charge is 0.299 e. The molecule has 0 aliphatic rings. The summed E-state index contributed by atoms with van der Waals surface area (Å²) >= 11 is 5.61. The Bertz CT molecular complexity index is 294. The van der Waals surface area contributed by atoms with E-state index < -0.39 is 0 Å². The highest BCUT2D eigenvalue weighted by Crippen LogP contribution is 2.12. The van der Waals surface area contributed by atoms with Crippen molar-refractivity contribution in [3.05, 3.63) is 33.4 Å². The molecule has 1 nitrogen and oxygen atoms in total. The molecule has 0 fully saturated rings. The van der Waals surface area contributed by atoms with Gasteiger partial charge in [0.25, 0.3) is 0 Å². The lowest BCUT2D eigenvalue weighted by Crippen LogP contribution is -2.12. The van der Waals surface area contributed by atoms with Crippen LogP contribution in [-0.2, 0) is 11.2 Å². The summed E-state index contributed by atoms with van der Waals surface area (Å²) in [5, 5.41) is 0. The lowest BCUT2D eigenvalue weighted by molar-refractivity contribution is -0.116. The Morgan fingerprint density at radius 3 is 2.46 bits per heavy atom. The second-order valence-electron chi connectivity index (χ2n) is 2.91. The van der Waals surface area contributed by atoms with Gasteiger partial charge in [0.2, 0.25) is 0 Å². The molecule has 13 heavy (non-hydrogen) atoms. The van der Waals surface area contributed by atoms with E-state index in [4.69, 9.17) is 0 Å². The van der Waals surface area contributed by atoms with E-state index in [-0.39, 0.29) is 10.6 Å². The molecule has 1 atom stereocenters. The van der Waals surface area contributed by atoms with Gasteiger partial charge in [-0.05, 0) is 53.6 Å². The van der Waals surface area contributed by atoms with Crippen LogP contribution in [0.1, 0.15) is 12.5 Å². The summed E-state index contributed by atoms with van der Waals surface area (Å²) in [6.07, 6.45) is 0.770. The third-order valence-electron chi connectivity index (χ3n) is 1.77. The smallest absolute Gasteiger partial charge is 0.143 e. The molecule has 0 spiro atoms. The standard InChI is InChI=1S/C10H10BrIO/c1-7(13)10(11)6-8-2-4-9(12)5-3-8/h2-5,10H,6H2,1H3. The second kappa shape index (κ2) is 5.10. The van der Waals surface area contributed by atoms with Crippen molar-refractivity contribution in [1.29, 1.82) is 0 Å². The van der Waals surface area contributed by atoms with E-state index in [1.54, 1.807) is 6.92 Å². The molecule has 1 aromatic carbocycles. The van der Waals surface area contributed by atoms with Gasteiger partial charge in [0.05, 0.1) is 4.83 Å². The van der Waals surface area contributed by atoms with E-state index in [2.05, 4.69) is 62.8 Å². The number of hydrogen-bond donors (Lipinski definition) is 0. The zero-order valence-corrected chi connectivity index (χ0v) is 11.0. The summed E-state index contributed by atoms with van der Waals surface area (Å²) in [6.45, 7) is 1.60. The molecule has 1 rings (SSSR count). The van der Waals surface area contributed by atoms with Crippen molar-refractivity contribution in [1.82, 2.24) is 0 Å². The number of rotatable bonds is 3. The van der Waals surface area contributed by atoms with E-state index in [1.807, 2.05) is 0 Å². The predicted molar refractivity (Wildman–Crippen MR) is 66.3 cm³/mol. The first kappa shape index (κ1) is 11.2. The molecule has 0 saturated heterocycles. The highest BCUT2D eigenvalue weighted by atomic mass is 127. The molecule has 1 aromatic rings. The topological polar surface area (TPSA) is 17.1 Å². The molecule has 0 aromatic heterocycles. The summed E-state index contributed by atoms with van der Waals surface area (Å²) in [5.74, 6) is 0.179. The van der Waals surface area contributed by atoms with E-state index >= 15 is 0 Å². The Morgan fingerprint density at radius 1 is 1.46 bits per heavy atom. The van der Waals surface area contributed by atoms with Gasteiger partial charge in [-0.2, -0.15) is 0 Å². The van der Waals surface area contributed by atoms with Gasteiger partial charge in [0, 0.05) is 3.57 Å². The first-order chi connectivity index (χ1) is 6.09. The Balaban J connectivity index is 2.64. The molecule has 0 heterocycles. The van der Waals surface area contributed by atoms with Crippen molar-refractivity contribution in [2.75, 3.05) is 0 Å². The second-order valence-corrected chi connectivity index (χ2v) is 5.26. The van der Waals surface area contributed by atoms with Gasteiger partial charge < -0.3 is 0 Å². The number of benzene rings is 1. The molecule has 0 N–H and O–H groups in total. The van der Waals surface area contributed by atoms with Crippen LogP contribution in [0.4, 0.5) is 0 Å². The van der Waals surface area contributed by atoms with E-state index in [0.29, 0.717) is 0 Å². The maximum Gasteiger partial charge on any atom is 0.143 e. The summed E-state index contributed by atoms with van der Waals surface area (Å²) in [6, 6.07) is 8.21. The monoisotopic (exact) mass is 352 g/mol. The molecule has 3 heteroatoms. The summed E-state index contributed by atoms with van der Waals surface area (Å²) < 4.78 is 1.22. The fraction of sp³-hybridized carbons (Fsp3) is 0.300. The van der Waals surface area contributed by atoms with Crippen LogP contribution in [0.3, 0.4) is 0 Å². The van der Waals surface area contributed by atoms with Crippen molar-refractivity contribution < 1.29 is 4.79 Å². The van der Waals surface area contributed by atoms with Crippen molar-refractivity contribution >= 4 is 44.3 Å². The Kier molecular flexibility index (Phi) is 4.38. The molecule has 0 bridgehead atoms. The SMILES string of the molecule is CC(=O)C(Br)Cc1ccc(I)cc1. The van der Waals surface area contributed by atoms with Gasteiger partial charge in [0.1, 0.15) is 5.78 Å². The zero-order valence-electron chi connectivity index (χ0n) is 7.26. The number of alkyl halides is 1. The van der Waals surface area contributed by atoms with Crippen molar-refractivity contribution in [2.45, 2.75) is 18.2 Å². The third kappa shape index (κ3) is 3.77. The van der Waals surface area contributed by atoms with Crippen LogP contribution in [0, 0.1) is 3.57 Å². The van der Waals surface area contributed by atoms with E-state index in [9.17, 15) is 4.79 Å². The average molecular weight is 353 g/mol. The Hall–Kier alpha value is 0.1000. The molecule has 0 aliphatic heterocycles. The minimum atomic E-state index is -0.0486. The number of halogens is 2. The Morgan fingerprint density at radius 2 is 2.00 bits per heavy atom. The molecule has 0 aliphatic carbocycles. The molecular weight excluding hydrogens is 343 g/mol. The van der Waals surface area contributed by atoms with Crippen LogP contribution >= 0.6 is 38.5 Å². The highest BCUT2D eigenvalue weighted by Gasteiger charge is 2.09. The zero-order chi connectivity index (χ0) is 9.84. The summed E-state index contributed by atoms with van der Waals surface area (Å²) in [4.78, 5) is 10.9. The normalized spacial score (nSPS) is 12.5. The molecule has 1 unspecified atom stereocenters. The van der Waals surface area contributed by atoms with Crippen molar-refractivity contribution in [3.63, 3.8) is 0 Å². The molecule has 0 amide bonds. The van der Waals surface area contributed by atoms with Crippen molar-refractivity contribution in [3.8, 4) is 0 Å². The fourth-order valence-electron chi connectivity index (χ4n) is 0.971. The lowest BCUT2D eigenvalue weighted by Gasteiger charge is -2.05. The summed E-state index contributed by atoms with van der Waals surface area (Å²) in [5.41, 5.74) is 1.19. The molecule has 0 radical (unpaired) electrons. The fourth-order valence-corrected chi connectivity index (χ4v) is 1.70. The van der Waals surface area contributed by atoms with Gasteiger partial charge in [-0.15, -0.1) is 0 Å². The quantitative estimate of drug-likeness (QED) is 0.603. The van der Waals surface area contributed by atoms with Crippen LogP contribution in [0.25, 0.3) is 0 Å². The van der Waals surface area contributed by atoms with Gasteiger partial charge >= 0.3 is 0 Å². The van der Waals surface area contributed by atoms with E-state index in [1.165, 1.54) is 9.13 Å². The third-order valence-corrected chi connectivity index (χ3v) is 3.46. The van der Waals surface area contributed by atoms with Gasteiger partial charge in [-0.1, -0.05) is 28.1 Å². The van der Waals surface area contributed by atoms with Crippen LogP contribution in [-0.4, -0.2) is 10.6 Å². The highest BCUT2D eigenvalue weighted by molar-refractivity contribution is 14.1. The first-order valence-corrected chi connectivity index (χ1v) is 5.98. The number of carbonyl (C=O) groups is 1. The number of Topliss-reactive ketones (excluding diaryl/α,β-unsaturated/α-hetero) is 1.